The van der Waals surface area contributed by atoms with Gasteiger partial charge in [-0.3, -0.25) is 4.57 Å². The zero-order chi connectivity index (χ0) is 60.4. The first-order chi connectivity index (χ1) is 40.8. The number of hydrogen-bond donors (Lipinski definition) is 0. The van der Waals surface area contributed by atoms with E-state index in [0.29, 0.717) is 0 Å². The first-order valence-electron chi connectivity index (χ1n) is 30.5. The molecule has 0 fully saturated rings. The van der Waals surface area contributed by atoms with E-state index in [-0.39, 0.29) is 27.1 Å². The molecule has 0 radical (unpaired) electrons. The van der Waals surface area contributed by atoms with Gasteiger partial charge in [0.25, 0.3) is 6.33 Å². The molecule has 0 aliphatic heterocycles. The van der Waals surface area contributed by atoms with E-state index in [1.54, 1.807) is 0 Å². The lowest BCUT2D eigenvalue weighted by Crippen LogP contribution is -2.31. The van der Waals surface area contributed by atoms with Gasteiger partial charge in [0.05, 0.1) is 11.0 Å². The fraction of sp³-hybridized carbons (Fsp3) is 0.250. The minimum absolute atomic E-state index is 0.0221. The van der Waals surface area contributed by atoms with Gasteiger partial charge in [-0.1, -0.05) is 225 Å². The molecule has 0 saturated carbocycles. The molecule has 0 saturated heterocycles. The standard InChI is InChI=1S/C80H79N4OS/c1-76(2,3)53-34-30-50(31-35-53)59-23-20-24-60(51-32-36-54(37-33-51)77(4,5)6)74(59)83-49-82(66-27-17-18-28-67(66)83)56-44-52(72-64(79(10,11)12)25-21-26-65(72)80(13,14)15)45-58(47-56)85-57-38-39-63-69(48-57)84(71-46-55(42-43-81-71)78(7,8)9)68-41-40-62-61-22-16-19-29-70(61)86-75(62)73(63)68/h16-49H,1-15H3/q+1. The molecular weight excluding hydrogens is 1060 g/mol. The molecule has 4 heterocycles. The summed E-state index contributed by atoms with van der Waals surface area (Å²) in [6.07, 6.45) is 4.27. The van der Waals surface area contributed by atoms with Crippen LogP contribution in [0.1, 0.15) is 132 Å². The molecule has 4 aromatic heterocycles. The van der Waals surface area contributed by atoms with Gasteiger partial charge < -0.3 is 4.74 Å². The number of ether oxygens (including phenoxy) is 1. The van der Waals surface area contributed by atoms with Gasteiger partial charge in [0, 0.05) is 60.4 Å². The summed E-state index contributed by atoms with van der Waals surface area (Å²) in [5, 5.41) is 4.94. The first-order valence-corrected chi connectivity index (χ1v) is 31.3. The Labute approximate surface area is 512 Å². The van der Waals surface area contributed by atoms with E-state index in [1.807, 2.05) is 17.5 Å². The van der Waals surface area contributed by atoms with Crippen molar-refractivity contribution >= 4 is 64.3 Å². The van der Waals surface area contributed by atoms with Crippen LogP contribution in [-0.4, -0.2) is 14.1 Å². The van der Waals surface area contributed by atoms with Crippen LogP contribution in [0, 0.1) is 0 Å². The van der Waals surface area contributed by atoms with E-state index in [1.165, 1.54) is 70.1 Å². The van der Waals surface area contributed by atoms with Gasteiger partial charge in [-0.05, 0) is 138 Å². The summed E-state index contributed by atoms with van der Waals surface area (Å²) in [4.78, 5) is 5.12. The van der Waals surface area contributed by atoms with Crippen LogP contribution in [0.2, 0.25) is 0 Å². The summed E-state index contributed by atoms with van der Waals surface area (Å²) in [5.41, 5.74) is 19.5. The molecule has 5 nitrogen and oxygen atoms in total. The first kappa shape index (κ1) is 56.5. The fourth-order valence-electron chi connectivity index (χ4n) is 12.8. The van der Waals surface area contributed by atoms with Crippen molar-refractivity contribution in [2.24, 2.45) is 0 Å². The Hall–Kier alpha value is -8.58. The number of hydrogen-bond acceptors (Lipinski definition) is 3. The molecule has 86 heavy (non-hydrogen) atoms. The maximum atomic E-state index is 7.44. The summed E-state index contributed by atoms with van der Waals surface area (Å²) < 4.78 is 17.1. The predicted octanol–water partition coefficient (Wildman–Crippen LogP) is 22.0. The number of benzene rings is 9. The van der Waals surface area contributed by atoms with Crippen molar-refractivity contribution in [1.82, 2.24) is 14.1 Å². The van der Waals surface area contributed by atoms with E-state index in [9.17, 15) is 0 Å². The molecule has 0 N–H and O–H groups in total. The fourth-order valence-corrected chi connectivity index (χ4v) is 14.1. The lowest BCUT2D eigenvalue weighted by molar-refractivity contribution is -0.566. The van der Waals surface area contributed by atoms with Crippen molar-refractivity contribution in [3.05, 3.63) is 234 Å². The molecule has 9 aromatic carbocycles. The number of rotatable bonds is 8. The summed E-state index contributed by atoms with van der Waals surface area (Å²) in [5.74, 6) is 2.37. The summed E-state index contributed by atoms with van der Waals surface area (Å²) in [6, 6.07) is 72.3. The Bertz CT molecular complexity index is 4670. The molecule has 0 unspecified atom stereocenters. The van der Waals surface area contributed by atoms with Gasteiger partial charge in [0.2, 0.25) is 0 Å². The monoisotopic (exact) mass is 1140 g/mol. The topological polar surface area (TPSA) is 35.9 Å². The number of nitrogens with zero attached hydrogens (tertiary/aromatic N) is 4. The van der Waals surface area contributed by atoms with Crippen molar-refractivity contribution in [2.75, 3.05) is 0 Å². The third-order valence-corrected chi connectivity index (χ3v) is 18.7. The van der Waals surface area contributed by atoms with Crippen LogP contribution in [0.3, 0.4) is 0 Å². The number of para-hydroxylation sites is 3. The molecule has 0 atom stereocenters. The van der Waals surface area contributed by atoms with E-state index in [4.69, 9.17) is 9.72 Å². The van der Waals surface area contributed by atoms with Gasteiger partial charge in [-0.25, -0.2) is 4.98 Å². The molecule has 0 aliphatic carbocycles. The number of thiophene rings is 1. The quantitative estimate of drug-likeness (QED) is 0.142. The molecule has 0 amide bonds. The van der Waals surface area contributed by atoms with Crippen molar-refractivity contribution in [2.45, 2.75) is 131 Å². The van der Waals surface area contributed by atoms with Gasteiger partial charge in [0.1, 0.15) is 28.7 Å². The average molecular weight is 1140 g/mol. The lowest BCUT2D eigenvalue weighted by Gasteiger charge is -2.30. The number of imidazole rings is 1. The van der Waals surface area contributed by atoms with Gasteiger partial charge in [0.15, 0.2) is 11.0 Å². The largest absolute Gasteiger partial charge is 0.457 e. The molecule has 0 spiro atoms. The van der Waals surface area contributed by atoms with Crippen LogP contribution in [0.4, 0.5) is 0 Å². The summed E-state index contributed by atoms with van der Waals surface area (Å²) >= 11 is 1.87. The maximum absolute atomic E-state index is 7.44. The van der Waals surface area contributed by atoms with Gasteiger partial charge >= 0.3 is 0 Å². The predicted molar refractivity (Wildman–Crippen MR) is 366 cm³/mol. The SMILES string of the molecule is CC(C)(C)c1ccc(-c2cccc(-c3ccc(C(C)(C)C)cc3)c2-[n+]2cn(-c3cc(Oc4ccc5c6c7sc8ccccc8c7ccc6n(-c6cc(C(C)(C)C)ccn6)c5c4)cc(-c4c(C(C)(C)C)cccc4C(C)(C)C)c3)c3ccccc32)cc1. The van der Waals surface area contributed by atoms with E-state index in [2.05, 4.69) is 318 Å². The van der Waals surface area contributed by atoms with Crippen molar-refractivity contribution in [3.63, 3.8) is 0 Å². The normalized spacial score (nSPS) is 12.8. The van der Waals surface area contributed by atoms with Crippen LogP contribution < -0.4 is 9.30 Å². The average Bonchev–Trinajstić information content (AvgIpc) is 1.64. The Morgan fingerprint density at radius 2 is 1.02 bits per heavy atom. The molecule has 13 aromatic rings. The van der Waals surface area contributed by atoms with Crippen LogP contribution in [-0.2, 0) is 27.1 Å². The van der Waals surface area contributed by atoms with Crippen LogP contribution >= 0.6 is 11.3 Å². The van der Waals surface area contributed by atoms with E-state index >= 15 is 0 Å². The van der Waals surface area contributed by atoms with Crippen LogP contribution in [0.5, 0.6) is 11.5 Å². The summed E-state index contributed by atoms with van der Waals surface area (Å²) in [7, 11) is 0. The van der Waals surface area contributed by atoms with Crippen LogP contribution in [0.15, 0.2) is 207 Å². The lowest BCUT2D eigenvalue weighted by atomic mass is 9.74. The number of fused-ring (bicyclic) bond motifs is 8. The molecule has 430 valence electrons. The highest BCUT2D eigenvalue weighted by molar-refractivity contribution is 7.26. The zero-order valence-electron chi connectivity index (χ0n) is 52.7. The summed E-state index contributed by atoms with van der Waals surface area (Å²) in [6.45, 7) is 34.5. The second kappa shape index (κ2) is 20.6. The highest BCUT2D eigenvalue weighted by Crippen LogP contribution is 2.47. The second-order valence-electron chi connectivity index (χ2n) is 28.8. The van der Waals surface area contributed by atoms with Crippen molar-refractivity contribution in [1.29, 1.82) is 0 Å². The molecule has 13 rings (SSSR count). The second-order valence-corrected chi connectivity index (χ2v) is 29.9. The number of aromatic nitrogens is 4. The minimum atomic E-state index is -0.163. The zero-order valence-corrected chi connectivity index (χ0v) is 53.6. The highest BCUT2D eigenvalue weighted by Gasteiger charge is 2.31. The molecular formula is C80H79N4OS+. The van der Waals surface area contributed by atoms with Gasteiger partial charge in [-0.2, -0.15) is 9.13 Å². The van der Waals surface area contributed by atoms with Crippen molar-refractivity contribution < 1.29 is 9.30 Å². The Morgan fingerprint density at radius 1 is 0.430 bits per heavy atom. The smallest absolute Gasteiger partial charge is 0.255 e. The Balaban J connectivity index is 1.05. The molecule has 0 aliphatic rings. The molecule has 0 bridgehead atoms. The van der Waals surface area contributed by atoms with E-state index < -0.39 is 0 Å². The van der Waals surface area contributed by atoms with Crippen LogP contribution in [0.25, 0.3) is 104 Å². The van der Waals surface area contributed by atoms with E-state index in [0.717, 1.165) is 72.8 Å². The Morgan fingerprint density at radius 3 is 1.65 bits per heavy atom. The Kier molecular flexibility index (Phi) is 13.5. The minimum Gasteiger partial charge on any atom is -0.457 e. The number of pyridine rings is 1. The molecule has 6 heteroatoms. The third kappa shape index (κ3) is 10.1. The highest BCUT2D eigenvalue weighted by atomic mass is 32.1. The van der Waals surface area contributed by atoms with Crippen molar-refractivity contribution in [3.8, 4) is 62.1 Å². The van der Waals surface area contributed by atoms with Gasteiger partial charge in [-0.15, -0.1) is 11.3 Å². The maximum Gasteiger partial charge on any atom is 0.255 e. The third-order valence-electron chi connectivity index (χ3n) is 17.5.